The van der Waals surface area contributed by atoms with E-state index in [1.165, 1.54) is 14.0 Å². The van der Waals surface area contributed by atoms with Gasteiger partial charge in [0.2, 0.25) is 5.91 Å². The first-order chi connectivity index (χ1) is 17.1. The Bertz CT molecular complexity index is 1210. The Kier molecular flexibility index (Phi) is 9.42. The Hall–Kier alpha value is -4.55. The molecule has 0 fully saturated rings. The summed E-state index contributed by atoms with van der Waals surface area (Å²) in [5.41, 5.74) is -0.382. The number of anilines is 2. The number of carbonyl (C=O) groups excluding carboxylic acids is 3. The molecule has 0 saturated heterocycles. The minimum Gasteiger partial charge on any atom is -0.494 e. The first kappa shape index (κ1) is 27.7. The predicted octanol–water partition coefficient (Wildman–Crippen LogP) is 4.40. The summed E-state index contributed by atoms with van der Waals surface area (Å²) >= 11 is 0. The van der Waals surface area contributed by atoms with Crippen LogP contribution < -0.4 is 15.0 Å². The van der Waals surface area contributed by atoms with Gasteiger partial charge in [0.25, 0.3) is 5.69 Å². The van der Waals surface area contributed by atoms with Crippen molar-refractivity contribution >= 4 is 46.3 Å². The second-order valence-electron chi connectivity index (χ2n) is 7.22. The molecule has 2 aromatic rings. The molecule has 13 nitrogen and oxygen atoms in total. The van der Waals surface area contributed by atoms with E-state index in [-0.39, 0.29) is 22.8 Å². The monoisotopic (exact) mass is 501 g/mol. The topological polar surface area (TPSA) is 162 Å². The molecule has 0 aliphatic carbocycles. The van der Waals surface area contributed by atoms with E-state index in [2.05, 4.69) is 20.3 Å². The van der Waals surface area contributed by atoms with E-state index in [0.717, 1.165) is 26.4 Å². The highest BCUT2D eigenvalue weighted by Crippen LogP contribution is 2.40. The summed E-state index contributed by atoms with van der Waals surface area (Å²) in [6.07, 6.45) is 0. The van der Waals surface area contributed by atoms with Gasteiger partial charge in [-0.15, -0.1) is 10.2 Å². The minimum atomic E-state index is -1.00. The van der Waals surface area contributed by atoms with E-state index < -0.39 is 28.1 Å². The molecular weight excluding hydrogens is 474 g/mol. The SMILES string of the molecule is CCN(CC)c1cc(NC(C)=O)c(N=Nc2cc(C(=O)OC)c([N+](=O)[O-])cc2C(=O)OC)cc1OC. The first-order valence-electron chi connectivity index (χ1n) is 10.8. The molecule has 36 heavy (non-hydrogen) atoms. The van der Waals surface area contributed by atoms with Crippen LogP contribution in [0.25, 0.3) is 0 Å². The van der Waals surface area contributed by atoms with Crippen LogP contribution in [0, 0.1) is 10.1 Å². The number of benzene rings is 2. The smallest absolute Gasteiger partial charge is 0.344 e. The van der Waals surface area contributed by atoms with Crippen LogP contribution in [0.15, 0.2) is 34.5 Å². The molecule has 0 atom stereocenters. The molecule has 0 aliphatic rings. The fourth-order valence-corrected chi connectivity index (χ4v) is 3.37. The number of nitrogens with one attached hydrogen (secondary N) is 1. The molecule has 0 saturated carbocycles. The fraction of sp³-hybridized carbons (Fsp3) is 0.348. The standard InChI is InChI=1S/C23H27N5O8/c1-7-27(8-2)20-11-17(24-13(3)29)18(12-21(20)34-4)26-25-16-9-15(23(31)36-6)19(28(32)33)10-14(16)22(30)35-5/h9-12H,7-8H2,1-6H3,(H,24,29). The highest BCUT2D eigenvalue weighted by atomic mass is 16.6. The maximum atomic E-state index is 12.3. The zero-order valence-electron chi connectivity index (χ0n) is 20.8. The number of hydrogen-bond donors (Lipinski definition) is 1. The van der Waals surface area contributed by atoms with Crippen LogP contribution in [0.5, 0.6) is 5.75 Å². The van der Waals surface area contributed by atoms with E-state index in [0.29, 0.717) is 30.2 Å². The van der Waals surface area contributed by atoms with Gasteiger partial charge in [0.1, 0.15) is 22.7 Å². The van der Waals surface area contributed by atoms with Gasteiger partial charge >= 0.3 is 11.9 Å². The van der Waals surface area contributed by atoms with Crippen LogP contribution >= 0.6 is 0 Å². The third-order valence-corrected chi connectivity index (χ3v) is 5.10. The first-order valence-corrected chi connectivity index (χ1v) is 10.8. The lowest BCUT2D eigenvalue weighted by molar-refractivity contribution is -0.385. The number of rotatable bonds is 10. The molecule has 192 valence electrons. The summed E-state index contributed by atoms with van der Waals surface area (Å²) in [6, 6.07) is 5.11. The molecule has 0 radical (unpaired) electrons. The van der Waals surface area contributed by atoms with Crippen molar-refractivity contribution in [3.8, 4) is 5.75 Å². The average molecular weight is 501 g/mol. The van der Waals surface area contributed by atoms with E-state index in [9.17, 15) is 24.5 Å². The van der Waals surface area contributed by atoms with Crippen LogP contribution in [0.1, 0.15) is 41.5 Å². The lowest BCUT2D eigenvalue weighted by atomic mass is 10.1. The summed E-state index contributed by atoms with van der Waals surface area (Å²) in [4.78, 5) is 49.0. The third-order valence-electron chi connectivity index (χ3n) is 5.10. The summed E-state index contributed by atoms with van der Waals surface area (Å²) < 4.78 is 14.8. The number of ether oxygens (including phenoxy) is 3. The lowest BCUT2D eigenvalue weighted by Gasteiger charge is -2.24. The molecular formula is C23H27N5O8. The molecule has 2 aromatic carbocycles. The van der Waals surface area contributed by atoms with Gasteiger partial charge in [-0.05, 0) is 26.0 Å². The highest BCUT2D eigenvalue weighted by molar-refractivity contribution is 6.01. The number of nitro benzene ring substituents is 1. The highest BCUT2D eigenvalue weighted by Gasteiger charge is 2.27. The molecule has 0 bridgehead atoms. The Morgan fingerprint density at radius 1 is 0.944 bits per heavy atom. The number of hydrogen-bond acceptors (Lipinski definition) is 11. The summed E-state index contributed by atoms with van der Waals surface area (Å²) in [7, 11) is 3.63. The Morgan fingerprint density at radius 3 is 2.03 bits per heavy atom. The second kappa shape index (κ2) is 12.2. The maximum Gasteiger partial charge on any atom is 0.344 e. The average Bonchev–Trinajstić information content (AvgIpc) is 2.86. The number of amides is 1. The fourth-order valence-electron chi connectivity index (χ4n) is 3.37. The lowest BCUT2D eigenvalue weighted by Crippen LogP contribution is -2.22. The van der Waals surface area contributed by atoms with Crippen molar-refractivity contribution < 1.29 is 33.5 Å². The van der Waals surface area contributed by atoms with Crippen LogP contribution in [0.2, 0.25) is 0 Å². The molecule has 2 rings (SSSR count). The van der Waals surface area contributed by atoms with Crippen molar-refractivity contribution in [3.63, 3.8) is 0 Å². The molecule has 0 aromatic heterocycles. The summed E-state index contributed by atoms with van der Waals surface area (Å²) in [6.45, 7) is 6.62. The van der Waals surface area contributed by atoms with Crippen molar-refractivity contribution in [2.45, 2.75) is 20.8 Å². The molecule has 0 aliphatic heterocycles. The third kappa shape index (κ3) is 6.11. The van der Waals surface area contributed by atoms with Crippen molar-refractivity contribution in [3.05, 3.63) is 45.5 Å². The number of carbonyl (C=O) groups is 3. The van der Waals surface area contributed by atoms with E-state index in [1.807, 2.05) is 18.7 Å². The Labute approximate surface area is 207 Å². The summed E-state index contributed by atoms with van der Waals surface area (Å²) in [5.74, 6) is -1.84. The number of nitrogens with zero attached hydrogens (tertiary/aromatic N) is 4. The molecule has 13 heteroatoms. The molecule has 0 heterocycles. The number of azo groups is 1. The Balaban J connectivity index is 2.77. The molecule has 0 spiro atoms. The van der Waals surface area contributed by atoms with Crippen LogP contribution in [0.4, 0.5) is 28.4 Å². The van der Waals surface area contributed by atoms with E-state index >= 15 is 0 Å². The van der Waals surface area contributed by atoms with Gasteiger partial charge in [0, 0.05) is 32.1 Å². The zero-order valence-corrected chi connectivity index (χ0v) is 20.8. The molecule has 1 N–H and O–H groups in total. The largest absolute Gasteiger partial charge is 0.494 e. The van der Waals surface area contributed by atoms with Crippen molar-refractivity contribution in [1.29, 1.82) is 0 Å². The van der Waals surface area contributed by atoms with Crippen LogP contribution in [-0.4, -0.2) is 57.2 Å². The number of esters is 2. The van der Waals surface area contributed by atoms with Gasteiger partial charge in [-0.2, -0.15) is 0 Å². The summed E-state index contributed by atoms with van der Waals surface area (Å²) in [5, 5.41) is 22.4. The quantitative estimate of drug-likeness (QED) is 0.215. The molecule has 1 amide bonds. The number of nitro groups is 1. The van der Waals surface area contributed by atoms with E-state index in [1.54, 1.807) is 12.1 Å². The van der Waals surface area contributed by atoms with E-state index in [4.69, 9.17) is 9.47 Å². The van der Waals surface area contributed by atoms with Crippen molar-refractivity contribution in [1.82, 2.24) is 0 Å². The van der Waals surface area contributed by atoms with Gasteiger partial charge in [0.15, 0.2) is 0 Å². The maximum absolute atomic E-state index is 12.3. The zero-order chi connectivity index (χ0) is 27.0. The normalized spacial score (nSPS) is 10.6. The number of methoxy groups -OCH3 is 3. The minimum absolute atomic E-state index is 0.173. The van der Waals surface area contributed by atoms with Crippen molar-refractivity contribution in [2.24, 2.45) is 10.2 Å². The van der Waals surface area contributed by atoms with Crippen LogP contribution in [0.3, 0.4) is 0 Å². The van der Waals surface area contributed by atoms with Gasteiger partial charge in [-0.1, -0.05) is 0 Å². The van der Waals surface area contributed by atoms with Gasteiger partial charge in [-0.25, -0.2) is 9.59 Å². The molecule has 0 unspecified atom stereocenters. The van der Waals surface area contributed by atoms with Crippen LogP contribution in [-0.2, 0) is 14.3 Å². The van der Waals surface area contributed by atoms with Gasteiger partial charge in [0.05, 0.1) is 43.2 Å². The van der Waals surface area contributed by atoms with Gasteiger partial charge < -0.3 is 24.4 Å². The van der Waals surface area contributed by atoms with Gasteiger partial charge in [-0.3, -0.25) is 14.9 Å². The Morgan fingerprint density at radius 2 is 1.53 bits per heavy atom. The van der Waals surface area contributed by atoms with Crippen molar-refractivity contribution in [2.75, 3.05) is 44.6 Å². The second-order valence-corrected chi connectivity index (χ2v) is 7.22. The predicted molar refractivity (Wildman–Crippen MR) is 131 cm³/mol.